The number of aryl methyl sites for hydroxylation is 2. The van der Waals surface area contributed by atoms with Gasteiger partial charge < -0.3 is 9.47 Å². The number of rotatable bonds is 7. The van der Waals surface area contributed by atoms with Gasteiger partial charge in [0.25, 0.3) is 17.5 Å². The van der Waals surface area contributed by atoms with Gasteiger partial charge in [0.05, 0.1) is 29.4 Å². The van der Waals surface area contributed by atoms with Crippen LogP contribution < -0.4 is 19.7 Å². The SMILES string of the molecule is COc1cc(C=C2C(=O)NC(=O)N(c3cc(C)cc(C)c3)C2=O)c([N+](=O)[O-])cc1OCc1ccccc1. The summed E-state index contributed by atoms with van der Waals surface area (Å²) in [7, 11) is 1.37. The Bertz CT molecular complexity index is 1430. The van der Waals surface area contributed by atoms with Crippen molar-refractivity contribution in [1.82, 2.24) is 5.32 Å². The summed E-state index contributed by atoms with van der Waals surface area (Å²) in [5.41, 5.74) is 1.82. The predicted molar refractivity (Wildman–Crippen MR) is 135 cm³/mol. The van der Waals surface area contributed by atoms with E-state index >= 15 is 0 Å². The molecule has 4 rings (SSSR count). The second kappa shape index (κ2) is 10.3. The lowest BCUT2D eigenvalue weighted by atomic mass is 10.0. The zero-order valence-electron chi connectivity index (χ0n) is 20.3. The second-order valence-electron chi connectivity index (χ2n) is 8.40. The third kappa shape index (κ3) is 5.32. The largest absolute Gasteiger partial charge is 0.493 e. The molecule has 0 aliphatic carbocycles. The number of hydrogen-bond acceptors (Lipinski definition) is 7. The molecular formula is C27H23N3O7. The van der Waals surface area contributed by atoms with Gasteiger partial charge in [-0.25, -0.2) is 9.69 Å². The Hall–Kier alpha value is -4.99. The quantitative estimate of drug-likeness (QED) is 0.219. The molecule has 4 amide bonds. The number of benzene rings is 3. The summed E-state index contributed by atoms with van der Waals surface area (Å²) in [5.74, 6) is -1.59. The summed E-state index contributed by atoms with van der Waals surface area (Å²) >= 11 is 0. The number of amides is 4. The van der Waals surface area contributed by atoms with Crippen LogP contribution in [0.2, 0.25) is 0 Å². The smallest absolute Gasteiger partial charge is 0.335 e. The van der Waals surface area contributed by atoms with Gasteiger partial charge in [-0.15, -0.1) is 0 Å². The summed E-state index contributed by atoms with van der Waals surface area (Å²) in [6.07, 6.45) is 1.07. The van der Waals surface area contributed by atoms with Crippen LogP contribution >= 0.6 is 0 Å². The molecule has 0 bridgehead atoms. The molecule has 0 saturated carbocycles. The van der Waals surface area contributed by atoms with E-state index < -0.39 is 34.0 Å². The Morgan fingerprint density at radius 3 is 2.27 bits per heavy atom. The summed E-state index contributed by atoms with van der Waals surface area (Å²) in [6, 6.07) is 15.9. The molecule has 0 radical (unpaired) electrons. The van der Waals surface area contributed by atoms with E-state index in [1.165, 1.54) is 19.2 Å². The number of ether oxygens (including phenoxy) is 2. The van der Waals surface area contributed by atoms with Crippen LogP contribution in [-0.4, -0.2) is 29.9 Å². The minimum Gasteiger partial charge on any atom is -0.493 e. The number of nitro groups is 1. The fraction of sp³-hybridized carbons (Fsp3) is 0.148. The lowest BCUT2D eigenvalue weighted by molar-refractivity contribution is -0.385. The maximum Gasteiger partial charge on any atom is 0.335 e. The van der Waals surface area contributed by atoms with Crippen LogP contribution in [0.3, 0.4) is 0 Å². The Morgan fingerprint density at radius 2 is 1.65 bits per heavy atom. The highest BCUT2D eigenvalue weighted by atomic mass is 16.6. The Labute approximate surface area is 212 Å². The van der Waals surface area contributed by atoms with Gasteiger partial charge in [0.1, 0.15) is 12.2 Å². The number of carbonyl (C=O) groups is 3. The van der Waals surface area contributed by atoms with Gasteiger partial charge >= 0.3 is 6.03 Å². The number of barbiturate groups is 1. The van der Waals surface area contributed by atoms with Crippen molar-refractivity contribution in [3.63, 3.8) is 0 Å². The third-order valence-electron chi connectivity index (χ3n) is 5.61. The predicted octanol–water partition coefficient (Wildman–Crippen LogP) is 4.47. The average Bonchev–Trinajstić information content (AvgIpc) is 2.85. The summed E-state index contributed by atoms with van der Waals surface area (Å²) < 4.78 is 11.1. The number of anilines is 1. The topological polar surface area (TPSA) is 128 Å². The number of methoxy groups -OCH3 is 1. The van der Waals surface area contributed by atoms with Crippen molar-refractivity contribution in [2.45, 2.75) is 20.5 Å². The highest BCUT2D eigenvalue weighted by molar-refractivity contribution is 6.39. The van der Waals surface area contributed by atoms with E-state index in [1.54, 1.807) is 12.1 Å². The molecule has 0 aromatic heterocycles. The molecule has 188 valence electrons. The van der Waals surface area contributed by atoms with E-state index in [4.69, 9.17) is 9.47 Å². The van der Waals surface area contributed by atoms with Crippen molar-refractivity contribution in [3.8, 4) is 11.5 Å². The average molecular weight is 501 g/mol. The number of carbonyl (C=O) groups excluding carboxylic acids is 3. The molecule has 1 aliphatic rings. The van der Waals surface area contributed by atoms with E-state index in [1.807, 2.05) is 50.2 Å². The van der Waals surface area contributed by atoms with Crippen LogP contribution in [0, 0.1) is 24.0 Å². The molecular weight excluding hydrogens is 478 g/mol. The summed E-state index contributed by atoms with van der Waals surface area (Å²) in [6.45, 7) is 3.76. The number of nitro benzene ring substituents is 1. The van der Waals surface area contributed by atoms with Crippen molar-refractivity contribution < 1.29 is 28.8 Å². The molecule has 3 aromatic carbocycles. The highest BCUT2D eigenvalue weighted by Crippen LogP contribution is 2.37. The first-order chi connectivity index (χ1) is 17.7. The summed E-state index contributed by atoms with van der Waals surface area (Å²) in [5, 5.41) is 14.0. The van der Waals surface area contributed by atoms with Crippen LogP contribution in [0.4, 0.5) is 16.2 Å². The molecule has 0 atom stereocenters. The molecule has 3 aromatic rings. The monoisotopic (exact) mass is 501 g/mol. The molecule has 1 saturated heterocycles. The number of nitrogens with zero attached hydrogens (tertiary/aromatic N) is 2. The van der Waals surface area contributed by atoms with Gasteiger partial charge in [-0.05, 0) is 54.8 Å². The molecule has 1 heterocycles. The van der Waals surface area contributed by atoms with Crippen LogP contribution in [0.5, 0.6) is 11.5 Å². The van der Waals surface area contributed by atoms with E-state index in [0.717, 1.165) is 27.7 Å². The lowest BCUT2D eigenvalue weighted by Gasteiger charge is -2.27. The van der Waals surface area contributed by atoms with Crippen molar-refractivity contribution in [2.75, 3.05) is 12.0 Å². The molecule has 1 aliphatic heterocycles. The highest BCUT2D eigenvalue weighted by Gasteiger charge is 2.37. The van der Waals surface area contributed by atoms with Gasteiger partial charge in [-0.1, -0.05) is 36.4 Å². The molecule has 37 heavy (non-hydrogen) atoms. The van der Waals surface area contributed by atoms with E-state index in [2.05, 4.69) is 5.32 Å². The van der Waals surface area contributed by atoms with Gasteiger partial charge in [0.15, 0.2) is 11.5 Å². The molecule has 0 spiro atoms. The first-order valence-electron chi connectivity index (χ1n) is 11.2. The fourth-order valence-corrected chi connectivity index (χ4v) is 3.97. The maximum atomic E-state index is 13.3. The van der Waals surface area contributed by atoms with Gasteiger partial charge in [-0.2, -0.15) is 0 Å². The van der Waals surface area contributed by atoms with Crippen LogP contribution in [-0.2, 0) is 16.2 Å². The van der Waals surface area contributed by atoms with Crippen molar-refractivity contribution >= 4 is 35.3 Å². The normalized spacial score (nSPS) is 14.5. The van der Waals surface area contributed by atoms with Gasteiger partial charge in [0.2, 0.25) is 0 Å². The molecule has 10 heteroatoms. The second-order valence-corrected chi connectivity index (χ2v) is 8.40. The molecule has 10 nitrogen and oxygen atoms in total. The third-order valence-corrected chi connectivity index (χ3v) is 5.61. The Balaban J connectivity index is 1.74. The van der Waals surface area contributed by atoms with Gasteiger partial charge in [0, 0.05) is 0 Å². The first kappa shape index (κ1) is 25.1. The lowest BCUT2D eigenvalue weighted by Crippen LogP contribution is -2.54. The minimum atomic E-state index is -0.965. The summed E-state index contributed by atoms with van der Waals surface area (Å²) in [4.78, 5) is 50.5. The molecule has 0 unspecified atom stereocenters. The molecule has 1 fully saturated rings. The number of nitrogens with one attached hydrogen (secondary N) is 1. The minimum absolute atomic E-state index is 0.0675. The number of urea groups is 1. The van der Waals surface area contributed by atoms with Crippen molar-refractivity contribution in [2.24, 2.45) is 0 Å². The van der Waals surface area contributed by atoms with Crippen molar-refractivity contribution in [1.29, 1.82) is 0 Å². The van der Waals surface area contributed by atoms with E-state index in [9.17, 15) is 24.5 Å². The zero-order valence-corrected chi connectivity index (χ0v) is 20.3. The molecule has 1 N–H and O–H groups in total. The van der Waals surface area contributed by atoms with Crippen molar-refractivity contribution in [3.05, 3.63) is 98.6 Å². The van der Waals surface area contributed by atoms with E-state index in [0.29, 0.717) is 0 Å². The number of imide groups is 2. The van der Waals surface area contributed by atoms with Crippen LogP contribution in [0.25, 0.3) is 6.08 Å². The van der Waals surface area contributed by atoms with Crippen LogP contribution in [0.1, 0.15) is 22.3 Å². The number of hydrogen-bond donors (Lipinski definition) is 1. The Morgan fingerprint density at radius 1 is 0.973 bits per heavy atom. The van der Waals surface area contributed by atoms with Crippen LogP contribution in [0.15, 0.2) is 66.2 Å². The van der Waals surface area contributed by atoms with E-state index in [-0.39, 0.29) is 29.4 Å². The van der Waals surface area contributed by atoms with Gasteiger partial charge in [-0.3, -0.25) is 25.0 Å². The zero-order chi connectivity index (χ0) is 26.7. The standard InChI is InChI=1S/C27H23N3O7/c1-16-9-17(2)11-20(10-16)29-26(32)21(25(31)28-27(29)33)12-19-13-23(36-3)24(14-22(19)30(34)35)37-15-18-7-5-4-6-8-18/h4-14H,15H2,1-3H3,(H,28,31,33). The maximum absolute atomic E-state index is 13.3. The Kier molecular flexibility index (Phi) is 7.01. The first-order valence-corrected chi connectivity index (χ1v) is 11.2. The fourth-order valence-electron chi connectivity index (χ4n) is 3.97.